The van der Waals surface area contributed by atoms with Crippen LogP contribution < -0.4 is 0 Å². The Kier molecular flexibility index (Phi) is 4.58. The zero-order valence-corrected chi connectivity index (χ0v) is 12.8. The fourth-order valence-electron chi connectivity index (χ4n) is 2.66. The second kappa shape index (κ2) is 6.01. The number of methoxy groups -OCH3 is 1. The van der Waals surface area contributed by atoms with E-state index in [4.69, 9.17) is 9.47 Å². The number of hydrogen-bond donors (Lipinski definition) is 0. The minimum atomic E-state index is -0.637. The second-order valence-corrected chi connectivity index (χ2v) is 5.62. The molecule has 19 heavy (non-hydrogen) atoms. The molecular weight excluding hydrogens is 310 g/mol. The third-order valence-corrected chi connectivity index (χ3v) is 4.04. The van der Waals surface area contributed by atoms with Crippen molar-refractivity contribution in [2.75, 3.05) is 20.3 Å². The van der Waals surface area contributed by atoms with Crippen LogP contribution in [0.1, 0.15) is 31.0 Å². The van der Waals surface area contributed by atoms with E-state index < -0.39 is 5.41 Å². The molecule has 0 saturated heterocycles. The van der Waals surface area contributed by atoms with Crippen LogP contribution in [-0.4, -0.2) is 31.3 Å². The summed E-state index contributed by atoms with van der Waals surface area (Å²) in [6, 6.07) is 2.04. The summed E-state index contributed by atoms with van der Waals surface area (Å²) in [4.78, 5) is 16.9. The molecule has 5 heteroatoms. The predicted octanol–water partition coefficient (Wildman–Crippen LogP) is 2.63. The third-order valence-electron chi connectivity index (χ3n) is 3.61. The van der Waals surface area contributed by atoms with Gasteiger partial charge in [0, 0.05) is 24.4 Å². The van der Waals surface area contributed by atoms with Crippen molar-refractivity contribution < 1.29 is 14.3 Å². The number of aryl methyl sites for hydroxylation is 1. The third kappa shape index (κ3) is 2.67. The Balaban J connectivity index is 2.39. The average Bonchev–Trinajstić information content (AvgIpc) is 2.76. The van der Waals surface area contributed by atoms with E-state index in [0.717, 1.165) is 28.6 Å². The van der Waals surface area contributed by atoms with E-state index in [2.05, 4.69) is 20.9 Å². The van der Waals surface area contributed by atoms with Crippen LogP contribution >= 0.6 is 15.9 Å². The van der Waals surface area contributed by atoms with Crippen molar-refractivity contribution in [3.05, 3.63) is 28.0 Å². The van der Waals surface area contributed by atoms with E-state index in [-0.39, 0.29) is 5.97 Å². The standard InChI is InChI=1S/C14H18BrNO3/c1-3-19-13(17)14(6-7-18-2)5-4-10-8-11(15)9-16-12(10)14/h8-9H,3-7H2,1-2H3. The number of carbonyl (C=O) groups is 1. The molecule has 1 aromatic rings. The highest BCUT2D eigenvalue weighted by Crippen LogP contribution is 2.42. The molecule has 1 aliphatic rings. The van der Waals surface area contributed by atoms with Crippen molar-refractivity contribution in [3.8, 4) is 0 Å². The van der Waals surface area contributed by atoms with Gasteiger partial charge in [-0.15, -0.1) is 0 Å². The lowest BCUT2D eigenvalue weighted by molar-refractivity contribution is -0.151. The van der Waals surface area contributed by atoms with E-state index in [1.54, 1.807) is 13.3 Å². The van der Waals surface area contributed by atoms with E-state index in [9.17, 15) is 4.79 Å². The van der Waals surface area contributed by atoms with Crippen LogP contribution in [0.4, 0.5) is 0 Å². The predicted molar refractivity (Wildman–Crippen MR) is 75.1 cm³/mol. The molecule has 104 valence electrons. The van der Waals surface area contributed by atoms with Crippen molar-refractivity contribution in [1.82, 2.24) is 4.98 Å². The maximum atomic E-state index is 12.4. The molecule has 1 aromatic heterocycles. The van der Waals surface area contributed by atoms with Gasteiger partial charge in [-0.2, -0.15) is 0 Å². The SMILES string of the molecule is CCOC(=O)C1(CCOC)CCc2cc(Br)cnc21. The summed E-state index contributed by atoms with van der Waals surface area (Å²) in [5.41, 5.74) is 1.34. The first-order valence-corrected chi connectivity index (χ1v) is 7.24. The van der Waals surface area contributed by atoms with Gasteiger partial charge in [-0.25, -0.2) is 0 Å². The van der Waals surface area contributed by atoms with Crippen LogP contribution in [0.15, 0.2) is 16.7 Å². The Bertz CT molecular complexity index is 478. The van der Waals surface area contributed by atoms with Gasteiger partial charge < -0.3 is 9.47 Å². The average molecular weight is 328 g/mol. The minimum Gasteiger partial charge on any atom is -0.465 e. The van der Waals surface area contributed by atoms with Gasteiger partial charge in [-0.05, 0) is 53.7 Å². The summed E-state index contributed by atoms with van der Waals surface area (Å²) >= 11 is 3.42. The Morgan fingerprint density at radius 3 is 3.05 bits per heavy atom. The van der Waals surface area contributed by atoms with E-state index in [1.165, 1.54) is 0 Å². The van der Waals surface area contributed by atoms with Crippen molar-refractivity contribution in [2.45, 2.75) is 31.6 Å². The summed E-state index contributed by atoms with van der Waals surface area (Å²) < 4.78 is 11.4. The largest absolute Gasteiger partial charge is 0.465 e. The topological polar surface area (TPSA) is 48.4 Å². The Labute approximate surface area is 121 Å². The van der Waals surface area contributed by atoms with Gasteiger partial charge >= 0.3 is 5.97 Å². The lowest BCUT2D eigenvalue weighted by Crippen LogP contribution is -2.37. The quantitative estimate of drug-likeness (QED) is 0.780. The van der Waals surface area contributed by atoms with Crippen molar-refractivity contribution in [2.24, 2.45) is 0 Å². The van der Waals surface area contributed by atoms with Gasteiger partial charge in [0.15, 0.2) is 0 Å². The van der Waals surface area contributed by atoms with Crippen molar-refractivity contribution >= 4 is 21.9 Å². The molecule has 1 heterocycles. The Hall–Kier alpha value is -0.940. The van der Waals surface area contributed by atoms with Gasteiger partial charge in [-0.1, -0.05) is 0 Å². The van der Waals surface area contributed by atoms with E-state index in [1.807, 2.05) is 13.0 Å². The molecule has 0 aliphatic heterocycles. The molecule has 0 bridgehead atoms. The highest BCUT2D eigenvalue weighted by atomic mass is 79.9. The molecule has 0 radical (unpaired) electrons. The number of ether oxygens (including phenoxy) is 2. The van der Waals surface area contributed by atoms with Crippen molar-refractivity contribution in [3.63, 3.8) is 0 Å². The molecule has 1 atom stereocenters. The summed E-state index contributed by atoms with van der Waals surface area (Å²) in [7, 11) is 1.64. The van der Waals surface area contributed by atoms with Crippen LogP contribution in [0.3, 0.4) is 0 Å². The van der Waals surface area contributed by atoms with Crippen LogP contribution in [0, 0.1) is 0 Å². The molecule has 4 nitrogen and oxygen atoms in total. The van der Waals surface area contributed by atoms with Gasteiger partial charge in [0.1, 0.15) is 5.41 Å². The fourth-order valence-corrected chi connectivity index (χ4v) is 3.04. The summed E-state index contributed by atoms with van der Waals surface area (Å²) in [6.07, 6.45) is 3.95. The number of esters is 1. The van der Waals surface area contributed by atoms with Crippen LogP contribution in [0.25, 0.3) is 0 Å². The molecule has 0 spiro atoms. The van der Waals surface area contributed by atoms with E-state index in [0.29, 0.717) is 19.6 Å². The number of rotatable bonds is 5. The zero-order chi connectivity index (χ0) is 13.9. The molecule has 0 saturated carbocycles. The molecule has 1 unspecified atom stereocenters. The van der Waals surface area contributed by atoms with Crippen LogP contribution in [-0.2, 0) is 26.1 Å². The maximum absolute atomic E-state index is 12.4. The number of pyridine rings is 1. The number of carbonyl (C=O) groups excluding carboxylic acids is 1. The number of aromatic nitrogens is 1. The maximum Gasteiger partial charge on any atom is 0.318 e. The minimum absolute atomic E-state index is 0.180. The lowest BCUT2D eigenvalue weighted by Gasteiger charge is -2.26. The molecule has 2 rings (SSSR count). The first-order valence-electron chi connectivity index (χ1n) is 6.45. The van der Waals surface area contributed by atoms with Gasteiger partial charge in [-0.3, -0.25) is 9.78 Å². The summed E-state index contributed by atoms with van der Waals surface area (Å²) in [5.74, 6) is -0.180. The highest BCUT2D eigenvalue weighted by molar-refractivity contribution is 9.10. The monoisotopic (exact) mass is 327 g/mol. The van der Waals surface area contributed by atoms with Gasteiger partial charge in [0.25, 0.3) is 0 Å². The Morgan fingerprint density at radius 2 is 2.37 bits per heavy atom. The number of halogens is 1. The van der Waals surface area contributed by atoms with Crippen molar-refractivity contribution in [1.29, 1.82) is 0 Å². The van der Waals surface area contributed by atoms with Gasteiger partial charge in [0.05, 0.1) is 12.3 Å². The second-order valence-electron chi connectivity index (χ2n) is 4.71. The van der Waals surface area contributed by atoms with Crippen LogP contribution in [0.2, 0.25) is 0 Å². The molecule has 0 amide bonds. The summed E-state index contributed by atoms with van der Waals surface area (Å²) in [5, 5.41) is 0. The molecule has 0 fully saturated rings. The number of nitrogens with zero attached hydrogens (tertiary/aromatic N) is 1. The number of hydrogen-bond acceptors (Lipinski definition) is 4. The first kappa shape index (κ1) is 14.5. The molecular formula is C14H18BrNO3. The molecule has 0 N–H and O–H groups in total. The molecule has 1 aliphatic carbocycles. The number of fused-ring (bicyclic) bond motifs is 1. The normalized spacial score (nSPS) is 21.2. The first-order chi connectivity index (χ1) is 9.14. The van der Waals surface area contributed by atoms with E-state index >= 15 is 0 Å². The van der Waals surface area contributed by atoms with Gasteiger partial charge in [0.2, 0.25) is 0 Å². The zero-order valence-electron chi connectivity index (χ0n) is 11.2. The summed E-state index contributed by atoms with van der Waals surface area (Å²) in [6.45, 7) is 2.74. The fraction of sp³-hybridized carbons (Fsp3) is 0.571. The van der Waals surface area contributed by atoms with Crippen LogP contribution in [0.5, 0.6) is 0 Å². The molecule has 0 aromatic carbocycles. The Morgan fingerprint density at radius 1 is 1.58 bits per heavy atom. The highest BCUT2D eigenvalue weighted by Gasteiger charge is 2.47. The smallest absolute Gasteiger partial charge is 0.318 e. The lowest BCUT2D eigenvalue weighted by atomic mass is 9.82.